The molecular formula is C13H17Cl3N2O2. The molecule has 0 saturated carbocycles. The predicted molar refractivity (Wildman–Crippen MR) is 83.7 cm³/mol. The van der Waals surface area contributed by atoms with E-state index in [2.05, 4.69) is 10.6 Å². The van der Waals surface area contributed by atoms with Crippen LogP contribution in [0.25, 0.3) is 0 Å². The predicted octanol–water partition coefficient (Wildman–Crippen LogP) is 3.72. The second-order valence-corrected chi connectivity index (χ2v) is 6.53. The lowest BCUT2D eigenvalue weighted by Crippen LogP contribution is -2.49. The Morgan fingerprint density at radius 1 is 1.30 bits per heavy atom. The highest BCUT2D eigenvalue weighted by atomic mass is 35.6. The number of ether oxygens (including phenoxy) is 1. The van der Waals surface area contributed by atoms with Crippen LogP contribution in [0.3, 0.4) is 0 Å². The lowest BCUT2D eigenvalue weighted by Gasteiger charge is -2.27. The molecule has 7 heteroatoms. The second-order valence-electron chi connectivity index (χ2n) is 4.16. The Bertz CT molecular complexity index is 432. The highest BCUT2D eigenvalue weighted by Gasteiger charge is 2.33. The number of anilines is 1. The van der Waals surface area contributed by atoms with Crippen LogP contribution >= 0.6 is 34.8 Å². The van der Waals surface area contributed by atoms with Gasteiger partial charge in [-0.3, -0.25) is 4.79 Å². The van der Waals surface area contributed by atoms with Crippen molar-refractivity contribution in [3.8, 4) is 5.75 Å². The van der Waals surface area contributed by atoms with Gasteiger partial charge in [-0.15, -0.1) is 0 Å². The van der Waals surface area contributed by atoms with Gasteiger partial charge in [0.1, 0.15) is 11.9 Å². The van der Waals surface area contributed by atoms with Gasteiger partial charge in [0.25, 0.3) is 0 Å². The zero-order chi connectivity index (χ0) is 15.2. The first-order valence-electron chi connectivity index (χ1n) is 6.13. The molecule has 20 heavy (non-hydrogen) atoms. The number of rotatable bonds is 6. The van der Waals surface area contributed by atoms with E-state index in [1.54, 1.807) is 31.4 Å². The number of alkyl halides is 3. The quantitative estimate of drug-likeness (QED) is 0.613. The fraction of sp³-hybridized carbons (Fsp3) is 0.462. The Balaban J connectivity index is 2.76. The monoisotopic (exact) mass is 338 g/mol. The molecule has 0 fully saturated rings. The zero-order valence-electron chi connectivity index (χ0n) is 11.3. The molecule has 0 aromatic heterocycles. The minimum Gasteiger partial charge on any atom is -0.497 e. The van der Waals surface area contributed by atoms with E-state index in [-0.39, 0.29) is 5.91 Å². The molecule has 0 bridgehead atoms. The van der Waals surface area contributed by atoms with E-state index in [1.807, 2.05) is 6.92 Å². The van der Waals surface area contributed by atoms with Crippen LogP contribution in [-0.4, -0.2) is 23.0 Å². The molecule has 0 spiro atoms. The van der Waals surface area contributed by atoms with Crippen molar-refractivity contribution in [2.75, 3.05) is 12.4 Å². The summed E-state index contributed by atoms with van der Waals surface area (Å²) < 4.78 is 3.40. The van der Waals surface area contributed by atoms with Gasteiger partial charge in [0.2, 0.25) is 9.70 Å². The molecule has 1 amide bonds. The summed E-state index contributed by atoms with van der Waals surface area (Å²) in [7, 11) is 1.58. The average Bonchev–Trinajstić information content (AvgIpc) is 2.38. The minimum absolute atomic E-state index is 0.176. The van der Waals surface area contributed by atoms with Crippen LogP contribution in [0, 0.1) is 0 Å². The summed E-state index contributed by atoms with van der Waals surface area (Å²) in [5.74, 6) is 0.542. The molecule has 1 aromatic rings. The van der Waals surface area contributed by atoms with E-state index in [0.29, 0.717) is 12.1 Å². The van der Waals surface area contributed by atoms with Crippen LogP contribution < -0.4 is 15.4 Å². The number of halogens is 3. The molecule has 1 aromatic carbocycles. The van der Waals surface area contributed by atoms with Crippen LogP contribution in [0.1, 0.15) is 19.8 Å². The first kappa shape index (κ1) is 17.2. The third-order valence-corrected chi connectivity index (χ3v) is 3.17. The zero-order valence-corrected chi connectivity index (χ0v) is 13.5. The van der Waals surface area contributed by atoms with Crippen molar-refractivity contribution in [3.05, 3.63) is 24.3 Å². The van der Waals surface area contributed by atoms with Crippen LogP contribution in [0.5, 0.6) is 5.75 Å². The molecule has 1 unspecified atom stereocenters. The topological polar surface area (TPSA) is 50.4 Å². The normalized spacial score (nSPS) is 12.7. The summed E-state index contributed by atoms with van der Waals surface area (Å²) in [6, 6.07) is 7.08. The summed E-state index contributed by atoms with van der Waals surface area (Å²) in [5, 5.41) is 5.63. The van der Waals surface area contributed by atoms with E-state index < -0.39 is 9.96 Å². The van der Waals surface area contributed by atoms with Crippen molar-refractivity contribution in [3.63, 3.8) is 0 Å². The Morgan fingerprint density at radius 2 is 1.90 bits per heavy atom. The molecule has 0 saturated heterocycles. The fourth-order valence-electron chi connectivity index (χ4n) is 1.51. The summed E-state index contributed by atoms with van der Waals surface area (Å²) in [4.78, 5) is 11.6. The number of hydrogen-bond acceptors (Lipinski definition) is 3. The number of carbonyl (C=O) groups is 1. The molecule has 0 aliphatic rings. The summed E-state index contributed by atoms with van der Waals surface area (Å²) in [6.45, 7) is 1.90. The molecule has 112 valence electrons. The van der Waals surface area contributed by atoms with Gasteiger partial charge in [0.15, 0.2) is 0 Å². The number of nitrogens with one attached hydrogen (secondary N) is 2. The largest absolute Gasteiger partial charge is 0.497 e. The lowest BCUT2D eigenvalue weighted by molar-refractivity contribution is -0.121. The first-order valence-corrected chi connectivity index (χ1v) is 7.27. The van der Waals surface area contributed by atoms with Crippen molar-refractivity contribution < 1.29 is 9.53 Å². The summed E-state index contributed by atoms with van der Waals surface area (Å²) in [6.07, 6.45) is 0.280. The van der Waals surface area contributed by atoms with Crippen LogP contribution in [-0.2, 0) is 4.79 Å². The van der Waals surface area contributed by atoms with Gasteiger partial charge < -0.3 is 15.4 Å². The van der Waals surface area contributed by atoms with E-state index in [1.165, 1.54) is 0 Å². The Morgan fingerprint density at radius 3 is 2.35 bits per heavy atom. The molecule has 0 radical (unpaired) electrons. The molecule has 1 atom stereocenters. The molecule has 0 heterocycles. The van der Waals surface area contributed by atoms with E-state index in [0.717, 1.165) is 12.2 Å². The molecule has 1 rings (SSSR count). The number of carbonyl (C=O) groups excluding carboxylic acids is 1. The highest BCUT2D eigenvalue weighted by molar-refractivity contribution is 6.68. The van der Waals surface area contributed by atoms with Gasteiger partial charge in [-0.1, -0.05) is 41.7 Å². The minimum atomic E-state index is -1.66. The molecule has 0 aliphatic heterocycles. The van der Waals surface area contributed by atoms with Crippen LogP contribution in [0.2, 0.25) is 0 Å². The van der Waals surface area contributed by atoms with Crippen LogP contribution in [0.4, 0.5) is 5.69 Å². The third-order valence-electron chi connectivity index (χ3n) is 2.51. The van der Waals surface area contributed by atoms with Crippen molar-refractivity contribution in [1.82, 2.24) is 5.32 Å². The maximum atomic E-state index is 11.6. The number of hydrogen-bond donors (Lipinski definition) is 2. The van der Waals surface area contributed by atoms with Gasteiger partial charge in [0, 0.05) is 12.1 Å². The Hall–Kier alpha value is -0.840. The van der Waals surface area contributed by atoms with E-state index in [4.69, 9.17) is 39.5 Å². The van der Waals surface area contributed by atoms with Gasteiger partial charge in [-0.2, -0.15) is 0 Å². The van der Waals surface area contributed by atoms with E-state index >= 15 is 0 Å². The summed E-state index contributed by atoms with van der Waals surface area (Å²) >= 11 is 17.6. The standard InChI is InChI=1S/C13H17Cl3N2O2/c1-3-4-11(19)18-12(13(14,15)16)17-9-5-7-10(20-2)8-6-9/h5-8,12,17H,3-4H2,1-2H3,(H,18,19). The molecule has 4 nitrogen and oxygen atoms in total. The molecule has 2 N–H and O–H groups in total. The van der Waals surface area contributed by atoms with Crippen molar-refractivity contribution in [2.24, 2.45) is 0 Å². The molecular weight excluding hydrogens is 323 g/mol. The summed E-state index contributed by atoms with van der Waals surface area (Å²) in [5.41, 5.74) is 0.707. The number of amides is 1. The second kappa shape index (κ2) is 7.81. The third kappa shape index (κ3) is 5.65. The Kier molecular flexibility index (Phi) is 6.72. The van der Waals surface area contributed by atoms with Crippen LogP contribution in [0.15, 0.2) is 24.3 Å². The van der Waals surface area contributed by atoms with Crippen molar-refractivity contribution in [1.29, 1.82) is 0 Å². The van der Waals surface area contributed by atoms with E-state index in [9.17, 15) is 4.79 Å². The van der Waals surface area contributed by atoms with Gasteiger partial charge in [-0.05, 0) is 30.7 Å². The SMILES string of the molecule is CCCC(=O)NC(Nc1ccc(OC)cc1)C(Cl)(Cl)Cl. The number of benzene rings is 1. The number of methoxy groups -OCH3 is 1. The highest BCUT2D eigenvalue weighted by Crippen LogP contribution is 2.31. The Labute approximate surface area is 133 Å². The first-order chi connectivity index (χ1) is 9.36. The fourth-order valence-corrected chi connectivity index (χ4v) is 1.84. The maximum Gasteiger partial charge on any atom is 0.228 e. The molecule has 0 aliphatic carbocycles. The van der Waals surface area contributed by atoms with Gasteiger partial charge in [0.05, 0.1) is 7.11 Å². The van der Waals surface area contributed by atoms with Crippen molar-refractivity contribution >= 4 is 46.4 Å². The van der Waals surface area contributed by atoms with Crippen molar-refractivity contribution in [2.45, 2.75) is 29.7 Å². The smallest absolute Gasteiger partial charge is 0.228 e. The lowest BCUT2D eigenvalue weighted by atomic mass is 10.3. The van der Waals surface area contributed by atoms with Gasteiger partial charge >= 0.3 is 0 Å². The van der Waals surface area contributed by atoms with Gasteiger partial charge in [-0.25, -0.2) is 0 Å². The average molecular weight is 340 g/mol. The maximum absolute atomic E-state index is 11.6.